The number of amides is 1. The standard InChI is InChI=1S/C21H23N5O2/c1-28-19-5-3-2-4-18(19)21(27)26-12-10-25(11-13-26)20-7-6-17(14-23-20)15-24-9-8-22-16-24/h2-9,14,16H,10-13,15H2,1H3. The predicted octanol–water partition coefficient (Wildman–Crippen LogP) is 2.30. The Labute approximate surface area is 164 Å². The number of ether oxygens (including phenoxy) is 1. The van der Waals surface area contributed by atoms with Crippen molar-refractivity contribution in [2.75, 3.05) is 38.2 Å². The van der Waals surface area contributed by atoms with Crippen LogP contribution in [-0.4, -0.2) is 58.6 Å². The SMILES string of the molecule is COc1ccccc1C(=O)N1CCN(c2ccc(Cn3ccnc3)cn2)CC1. The van der Waals surface area contributed by atoms with E-state index in [9.17, 15) is 4.79 Å². The van der Waals surface area contributed by atoms with E-state index >= 15 is 0 Å². The molecule has 0 N–H and O–H groups in total. The van der Waals surface area contributed by atoms with Crippen molar-refractivity contribution in [3.63, 3.8) is 0 Å². The van der Waals surface area contributed by atoms with Gasteiger partial charge in [-0.05, 0) is 23.8 Å². The lowest BCUT2D eigenvalue weighted by Crippen LogP contribution is -2.49. The Morgan fingerprint density at radius 2 is 1.93 bits per heavy atom. The fourth-order valence-electron chi connectivity index (χ4n) is 3.42. The first-order chi connectivity index (χ1) is 13.7. The molecular formula is C21H23N5O2. The molecule has 28 heavy (non-hydrogen) atoms. The monoisotopic (exact) mass is 377 g/mol. The second kappa shape index (κ2) is 8.12. The number of piperazine rings is 1. The topological polar surface area (TPSA) is 63.5 Å². The molecule has 144 valence electrons. The fraction of sp³-hybridized carbons (Fsp3) is 0.286. The summed E-state index contributed by atoms with van der Waals surface area (Å²) in [5.74, 6) is 1.57. The summed E-state index contributed by atoms with van der Waals surface area (Å²) in [6, 6.07) is 11.5. The maximum Gasteiger partial charge on any atom is 0.257 e. The highest BCUT2D eigenvalue weighted by Crippen LogP contribution is 2.21. The largest absolute Gasteiger partial charge is 0.496 e. The maximum absolute atomic E-state index is 12.8. The summed E-state index contributed by atoms with van der Waals surface area (Å²) in [7, 11) is 1.59. The van der Waals surface area contributed by atoms with Crippen LogP contribution in [0.2, 0.25) is 0 Å². The van der Waals surface area contributed by atoms with Crippen LogP contribution >= 0.6 is 0 Å². The van der Waals surface area contributed by atoms with Gasteiger partial charge >= 0.3 is 0 Å². The summed E-state index contributed by atoms with van der Waals surface area (Å²) in [4.78, 5) is 25.6. The number of methoxy groups -OCH3 is 1. The summed E-state index contributed by atoms with van der Waals surface area (Å²) in [6.45, 7) is 3.60. The second-order valence-corrected chi connectivity index (χ2v) is 6.74. The molecule has 7 heteroatoms. The van der Waals surface area contributed by atoms with Crippen molar-refractivity contribution in [2.24, 2.45) is 0 Å². The third kappa shape index (κ3) is 3.83. The van der Waals surface area contributed by atoms with Crippen molar-refractivity contribution in [1.29, 1.82) is 0 Å². The average molecular weight is 377 g/mol. The number of para-hydroxylation sites is 1. The van der Waals surface area contributed by atoms with E-state index in [-0.39, 0.29) is 5.91 Å². The summed E-state index contributed by atoms with van der Waals surface area (Å²) in [5.41, 5.74) is 1.74. The molecule has 1 aliphatic rings. The van der Waals surface area contributed by atoms with Crippen LogP contribution in [0.25, 0.3) is 0 Å². The minimum absolute atomic E-state index is 0.0146. The Morgan fingerprint density at radius 1 is 1.11 bits per heavy atom. The van der Waals surface area contributed by atoms with Crippen LogP contribution in [0, 0.1) is 0 Å². The lowest BCUT2D eigenvalue weighted by molar-refractivity contribution is 0.0743. The number of hydrogen-bond acceptors (Lipinski definition) is 5. The minimum atomic E-state index is 0.0146. The Balaban J connectivity index is 1.36. The zero-order valence-electron chi connectivity index (χ0n) is 15.9. The number of aromatic nitrogens is 3. The van der Waals surface area contributed by atoms with Gasteiger partial charge in [0.05, 0.1) is 19.0 Å². The van der Waals surface area contributed by atoms with E-state index in [0.717, 1.165) is 31.0 Å². The van der Waals surface area contributed by atoms with Crippen LogP contribution in [0.1, 0.15) is 15.9 Å². The van der Waals surface area contributed by atoms with Gasteiger partial charge in [0.2, 0.25) is 0 Å². The number of carbonyl (C=O) groups excluding carboxylic acids is 1. The van der Waals surface area contributed by atoms with Gasteiger partial charge in [-0.25, -0.2) is 9.97 Å². The van der Waals surface area contributed by atoms with E-state index in [2.05, 4.69) is 20.9 Å². The van der Waals surface area contributed by atoms with Crippen LogP contribution in [0.4, 0.5) is 5.82 Å². The number of nitrogens with zero attached hydrogens (tertiary/aromatic N) is 5. The van der Waals surface area contributed by atoms with Gasteiger partial charge in [-0.2, -0.15) is 0 Å². The maximum atomic E-state index is 12.8. The normalized spacial score (nSPS) is 14.2. The lowest BCUT2D eigenvalue weighted by atomic mass is 10.1. The molecule has 4 rings (SSSR count). The number of pyridine rings is 1. The van der Waals surface area contributed by atoms with E-state index in [4.69, 9.17) is 4.74 Å². The molecule has 3 heterocycles. The molecule has 1 fully saturated rings. The molecule has 0 aliphatic carbocycles. The van der Waals surface area contributed by atoms with Gasteiger partial charge in [-0.15, -0.1) is 0 Å². The Hall–Kier alpha value is -3.35. The van der Waals surface area contributed by atoms with Crippen molar-refractivity contribution in [1.82, 2.24) is 19.4 Å². The Morgan fingerprint density at radius 3 is 2.61 bits per heavy atom. The Kier molecular flexibility index (Phi) is 5.23. The van der Waals surface area contributed by atoms with Gasteiger partial charge in [0.1, 0.15) is 11.6 Å². The van der Waals surface area contributed by atoms with Crippen molar-refractivity contribution in [3.8, 4) is 5.75 Å². The molecule has 0 saturated carbocycles. The number of imidazole rings is 1. The van der Waals surface area contributed by atoms with Crippen molar-refractivity contribution < 1.29 is 9.53 Å². The third-order valence-electron chi connectivity index (χ3n) is 4.96. The summed E-state index contributed by atoms with van der Waals surface area (Å²) >= 11 is 0. The van der Waals surface area contributed by atoms with Gasteiger partial charge in [-0.1, -0.05) is 18.2 Å². The highest BCUT2D eigenvalue weighted by atomic mass is 16.5. The molecule has 0 atom stereocenters. The first-order valence-corrected chi connectivity index (χ1v) is 9.32. The first kappa shape index (κ1) is 18.0. The number of carbonyl (C=O) groups is 1. The van der Waals surface area contributed by atoms with E-state index in [1.165, 1.54) is 0 Å². The quantitative estimate of drug-likeness (QED) is 0.683. The molecule has 0 radical (unpaired) electrons. The molecule has 1 aliphatic heterocycles. The van der Waals surface area contributed by atoms with Crippen LogP contribution < -0.4 is 9.64 Å². The first-order valence-electron chi connectivity index (χ1n) is 9.32. The molecule has 0 bridgehead atoms. The molecule has 1 aromatic carbocycles. The Bertz CT molecular complexity index is 916. The van der Waals surface area contributed by atoms with Crippen molar-refractivity contribution >= 4 is 11.7 Å². The molecule has 1 amide bonds. The molecule has 7 nitrogen and oxygen atoms in total. The molecular weight excluding hydrogens is 354 g/mol. The van der Waals surface area contributed by atoms with Gasteiger partial charge in [0.15, 0.2) is 0 Å². The van der Waals surface area contributed by atoms with E-state index < -0.39 is 0 Å². The predicted molar refractivity (Wildman–Crippen MR) is 107 cm³/mol. The third-order valence-corrected chi connectivity index (χ3v) is 4.96. The zero-order chi connectivity index (χ0) is 19.3. The summed E-state index contributed by atoms with van der Waals surface area (Å²) < 4.78 is 7.34. The van der Waals surface area contributed by atoms with Crippen molar-refractivity contribution in [2.45, 2.75) is 6.54 Å². The van der Waals surface area contributed by atoms with E-state index in [0.29, 0.717) is 24.4 Å². The molecule has 0 unspecified atom stereocenters. The lowest BCUT2D eigenvalue weighted by Gasteiger charge is -2.35. The fourth-order valence-corrected chi connectivity index (χ4v) is 3.42. The van der Waals surface area contributed by atoms with Crippen molar-refractivity contribution in [3.05, 3.63) is 72.4 Å². The number of anilines is 1. The summed E-state index contributed by atoms with van der Waals surface area (Å²) in [5, 5.41) is 0. The average Bonchev–Trinajstić information content (AvgIpc) is 3.27. The number of benzene rings is 1. The van der Waals surface area contributed by atoms with Crippen LogP contribution in [0.15, 0.2) is 61.3 Å². The number of rotatable bonds is 5. The highest BCUT2D eigenvalue weighted by molar-refractivity contribution is 5.97. The van der Waals surface area contributed by atoms with E-state index in [1.807, 2.05) is 52.2 Å². The van der Waals surface area contributed by atoms with E-state index in [1.54, 1.807) is 19.6 Å². The van der Waals surface area contributed by atoms with Gasteiger partial charge in [0.25, 0.3) is 5.91 Å². The minimum Gasteiger partial charge on any atom is -0.496 e. The molecule has 3 aromatic rings. The van der Waals surface area contributed by atoms with Crippen LogP contribution in [-0.2, 0) is 6.54 Å². The van der Waals surface area contributed by atoms with Gasteiger partial charge in [0, 0.05) is 51.3 Å². The summed E-state index contributed by atoms with van der Waals surface area (Å²) in [6.07, 6.45) is 7.41. The second-order valence-electron chi connectivity index (χ2n) is 6.74. The number of hydrogen-bond donors (Lipinski definition) is 0. The molecule has 1 saturated heterocycles. The van der Waals surface area contributed by atoms with Gasteiger partial charge < -0.3 is 19.1 Å². The zero-order valence-corrected chi connectivity index (χ0v) is 15.9. The highest BCUT2D eigenvalue weighted by Gasteiger charge is 2.24. The van der Waals surface area contributed by atoms with Gasteiger partial charge in [-0.3, -0.25) is 4.79 Å². The van der Waals surface area contributed by atoms with Crippen LogP contribution in [0.3, 0.4) is 0 Å². The van der Waals surface area contributed by atoms with Crippen LogP contribution in [0.5, 0.6) is 5.75 Å². The molecule has 0 spiro atoms. The smallest absolute Gasteiger partial charge is 0.257 e. The molecule has 2 aromatic heterocycles.